The van der Waals surface area contributed by atoms with E-state index in [1.165, 1.54) is 21.9 Å². The largest absolute Gasteiger partial charge is 0.310 e. The number of aryl methyl sites for hydroxylation is 1. The molecule has 4 rings (SSSR count). The number of benzene rings is 1. The van der Waals surface area contributed by atoms with Crippen LogP contribution in [0.15, 0.2) is 46.8 Å². The zero-order chi connectivity index (χ0) is 16.7. The first kappa shape index (κ1) is 14.6. The predicted molar refractivity (Wildman–Crippen MR) is 92.7 cm³/mol. The van der Waals surface area contributed by atoms with Crippen molar-refractivity contribution in [3.05, 3.63) is 58.0 Å². The molecule has 0 aliphatic rings. The molecule has 0 saturated carbocycles. The van der Waals surface area contributed by atoms with Crippen molar-refractivity contribution in [3.63, 3.8) is 0 Å². The highest BCUT2D eigenvalue weighted by atomic mass is 32.1. The summed E-state index contributed by atoms with van der Waals surface area (Å²) in [6.45, 7) is 2.62. The third-order valence-corrected chi connectivity index (χ3v) is 4.55. The summed E-state index contributed by atoms with van der Waals surface area (Å²) in [5.74, 6) is -0.100. The lowest BCUT2D eigenvalue weighted by Gasteiger charge is -2.07. The van der Waals surface area contributed by atoms with E-state index >= 15 is 0 Å². The maximum absolute atomic E-state index is 12.5. The second-order valence-corrected chi connectivity index (χ2v) is 6.03. The summed E-state index contributed by atoms with van der Waals surface area (Å²) < 4.78 is 3.25. The maximum Gasteiger partial charge on any atom is 0.271 e. The lowest BCUT2D eigenvalue weighted by atomic mass is 10.3. The average molecular weight is 339 g/mol. The van der Waals surface area contributed by atoms with Crippen molar-refractivity contribution in [3.8, 4) is 0 Å². The molecule has 1 amide bonds. The highest BCUT2D eigenvalue weighted by molar-refractivity contribution is 7.15. The molecule has 0 aliphatic heterocycles. The Morgan fingerprint density at radius 3 is 3.00 bits per heavy atom. The fraction of sp³-hybridized carbons (Fsp3) is 0.125. The number of fused-ring (bicyclic) bond motifs is 2. The number of rotatable bonds is 3. The molecule has 4 aromatic rings. The molecule has 1 aromatic carbocycles. The van der Waals surface area contributed by atoms with E-state index in [2.05, 4.69) is 15.3 Å². The molecule has 0 bridgehead atoms. The van der Waals surface area contributed by atoms with Crippen LogP contribution in [0.3, 0.4) is 0 Å². The third kappa shape index (κ3) is 2.19. The van der Waals surface area contributed by atoms with Crippen LogP contribution in [0.1, 0.15) is 17.3 Å². The van der Waals surface area contributed by atoms with Crippen LogP contribution >= 0.6 is 11.3 Å². The zero-order valence-corrected chi connectivity index (χ0v) is 13.6. The number of imidazole rings is 1. The van der Waals surface area contributed by atoms with Crippen LogP contribution in [0.2, 0.25) is 0 Å². The van der Waals surface area contributed by atoms with Crippen LogP contribution in [-0.4, -0.2) is 24.8 Å². The Kier molecular flexibility index (Phi) is 3.39. The first-order chi connectivity index (χ1) is 11.7. The van der Waals surface area contributed by atoms with Crippen LogP contribution in [0.4, 0.5) is 5.95 Å². The Hall–Kier alpha value is -3.00. The lowest BCUT2D eigenvalue weighted by molar-refractivity contribution is 0.102. The van der Waals surface area contributed by atoms with Crippen molar-refractivity contribution in [2.24, 2.45) is 0 Å². The Bertz CT molecular complexity index is 1120. The van der Waals surface area contributed by atoms with Gasteiger partial charge in [0.25, 0.3) is 11.5 Å². The van der Waals surface area contributed by atoms with Crippen molar-refractivity contribution in [2.75, 3.05) is 5.32 Å². The number of aromatic nitrogens is 4. The van der Waals surface area contributed by atoms with E-state index in [4.69, 9.17) is 0 Å². The number of anilines is 1. The summed E-state index contributed by atoms with van der Waals surface area (Å²) in [4.78, 5) is 34.1. The Morgan fingerprint density at radius 1 is 1.33 bits per heavy atom. The second-order valence-electron chi connectivity index (χ2n) is 5.16. The fourth-order valence-corrected chi connectivity index (χ4v) is 3.32. The lowest BCUT2D eigenvalue weighted by Crippen LogP contribution is -2.26. The van der Waals surface area contributed by atoms with E-state index in [0.717, 1.165) is 11.0 Å². The van der Waals surface area contributed by atoms with Gasteiger partial charge in [-0.2, -0.15) is 0 Å². The molecule has 0 unspecified atom stereocenters. The number of nitrogens with one attached hydrogen (secondary N) is 1. The monoisotopic (exact) mass is 339 g/mol. The molecule has 3 heterocycles. The Balaban J connectivity index is 1.76. The van der Waals surface area contributed by atoms with Gasteiger partial charge in [0.1, 0.15) is 5.56 Å². The van der Waals surface area contributed by atoms with E-state index in [1.54, 1.807) is 11.6 Å². The fourth-order valence-electron chi connectivity index (χ4n) is 2.64. The van der Waals surface area contributed by atoms with Crippen LogP contribution in [0, 0.1) is 0 Å². The molecule has 7 nitrogen and oxygen atoms in total. The maximum atomic E-state index is 12.5. The van der Waals surface area contributed by atoms with Crippen molar-refractivity contribution < 1.29 is 4.79 Å². The molecule has 0 fully saturated rings. The van der Waals surface area contributed by atoms with Gasteiger partial charge in [-0.25, -0.2) is 9.97 Å². The summed E-state index contributed by atoms with van der Waals surface area (Å²) in [5, 5.41) is 4.48. The number of hydrogen-bond acceptors (Lipinski definition) is 5. The molecule has 8 heteroatoms. The smallest absolute Gasteiger partial charge is 0.271 e. The van der Waals surface area contributed by atoms with Gasteiger partial charge < -0.3 is 4.57 Å². The van der Waals surface area contributed by atoms with Gasteiger partial charge in [-0.15, -0.1) is 11.3 Å². The molecular weight excluding hydrogens is 326 g/mol. The normalized spacial score (nSPS) is 11.2. The van der Waals surface area contributed by atoms with Gasteiger partial charge in [-0.05, 0) is 19.1 Å². The van der Waals surface area contributed by atoms with Gasteiger partial charge in [0, 0.05) is 24.3 Å². The van der Waals surface area contributed by atoms with Crippen molar-refractivity contribution in [1.82, 2.24) is 18.9 Å². The van der Waals surface area contributed by atoms with Crippen molar-refractivity contribution in [1.29, 1.82) is 0 Å². The standard InChI is InChI=1S/C16H13N5O2S/c1-2-20-12-6-4-3-5-11(12)18-15(20)19-13(22)10-9-17-16-21(14(10)23)7-8-24-16/h3-9H,2H2,1H3,(H,18,19,22). The molecular formula is C16H13N5O2S. The number of carbonyl (C=O) groups is 1. The number of carbonyl (C=O) groups excluding carboxylic acids is 1. The van der Waals surface area contributed by atoms with Crippen LogP contribution < -0.4 is 10.9 Å². The number of para-hydroxylation sites is 2. The van der Waals surface area contributed by atoms with Gasteiger partial charge in [0.15, 0.2) is 4.96 Å². The first-order valence-electron chi connectivity index (χ1n) is 7.40. The summed E-state index contributed by atoms with van der Waals surface area (Å²) >= 11 is 1.34. The van der Waals surface area contributed by atoms with E-state index in [9.17, 15) is 9.59 Å². The summed E-state index contributed by atoms with van der Waals surface area (Å²) in [6, 6.07) is 7.63. The van der Waals surface area contributed by atoms with E-state index in [-0.39, 0.29) is 5.56 Å². The third-order valence-electron chi connectivity index (χ3n) is 3.78. The molecule has 0 radical (unpaired) electrons. The Labute approximate surface area is 140 Å². The number of thiazole rings is 1. The van der Waals surface area contributed by atoms with Gasteiger partial charge in [-0.3, -0.25) is 19.3 Å². The summed E-state index contributed by atoms with van der Waals surface area (Å²) in [7, 11) is 0. The van der Waals surface area contributed by atoms with Gasteiger partial charge in [-0.1, -0.05) is 12.1 Å². The predicted octanol–water partition coefficient (Wildman–Crippen LogP) is 2.38. The SMILES string of the molecule is CCn1c(NC(=O)c2cnc3sccn3c2=O)nc2ccccc21. The minimum atomic E-state index is -0.516. The highest BCUT2D eigenvalue weighted by Crippen LogP contribution is 2.19. The van der Waals surface area contributed by atoms with Crippen LogP contribution in [0.25, 0.3) is 16.0 Å². The van der Waals surface area contributed by atoms with Gasteiger partial charge in [0.2, 0.25) is 5.95 Å². The number of amides is 1. The molecule has 0 atom stereocenters. The van der Waals surface area contributed by atoms with Crippen molar-refractivity contribution >= 4 is 39.2 Å². The summed E-state index contributed by atoms with van der Waals surface area (Å²) in [6.07, 6.45) is 2.91. The molecule has 24 heavy (non-hydrogen) atoms. The minimum absolute atomic E-state index is 0.0133. The Morgan fingerprint density at radius 2 is 2.17 bits per heavy atom. The van der Waals surface area contributed by atoms with Gasteiger partial charge in [0.05, 0.1) is 11.0 Å². The summed E-state index contributed by atoms with van der Waals surface area (Å²) in [5.41, 5.74) is 1.31. The molecule has 0 aliphatic carbocycles. The van der Waals surface area contributed by atoms with E-state index in [0.29, 0.717) is 17.5 Å². The van der Waals surface area contributed by atoms with Crippen LogP contribution in [-0.2, 0) is 6.54 Å². The highest BCUT2D eigenvalue weighted by Gasteiger charge is 2.17. The molecule has 0 saturated heterocycles. The van der Waals surface area contributed by atoms with Crippen LogP contribution in [0.5, 0.6) is 0 Å². The number of hydrogen-bond donors (Lipinski definition) is 1. The average Bonchev–Trinajstić information content (AvgIpc) is 3.19. The second kappa shape index (κ2) is 5.57. The first-order valence-corrected chi connectivity index (χ1v) is 8.28. The van der Waals surface area contributed by atoms with Crippen molar-refractivity contribution in [2.45, 2.75) is 13.5 Å². The topological polar surface area (TPSA) is 81.3 Å². The minimum Gasteiger partial charge on any atom is -0.310 e. The van der Waals surface area contributed by atoms with E-state index < -0.39 is 11.5 Å². The molecule has 120 valence electrons. The quantitative estimate of drug-likeness (QED) is 0.621. The zero-order valence-electron chi connectivity index (χ0n) is 12.8. The molecule has 1 N–H and O–H groups in total. The van der Waals surface area contributed by atoms with E-state index in [1.807, 2.05) is 35.8 Å². The number of nitrogens with zero attached hydrogens (tertiary/aromatic N) is 4. The molecule has 3 aromatic heterocycles. The molecule has 0 spiro atoms. The van der Waals surface area contributed by atoms with Gasteiger partial charge >= 0.3 is 0 Å².